The van der Waals surface area contributed by atoms with Crippen molar-refractivity contribution < 1.29 is 0 Å². The van der Waals surface area contributed by atoms with E-state index in [0.29, 0.717) is 11.0 Å². The molecule has 0 aliphatic heterocycles. The summed E-state index contributed by atoms with van der Waals surface area (Å²) >= 11 is 11.4. The third-order valence-electron chi connectivity index (χ3n) is 1.67. The molecule has 0 aromatic carbocycles. The average molecular weight is 201 g/mol. The predicted molar refractivity (Wildman–Crippen MR) is 49.8 cm³/mol. The van der Waals surface area contributed by atoms with Gasteiger partial charge in [-0.3, -0.25) is 0 Å². The van der Waals surface area contributed by atoms with E-state index in [9.17, 15) is 0 Å². The van der Waals surface area contributed by atoms with Crippen molar-refractivity contribution >= 4 is 28.7 Å². The van der Waals surface area contributed by atoms with Gasteiger partial charge in [-0.2, -0.15) is 5.10 Å². The van der Waals surface area contributed by atoms with Gasteiger partial charge in [-0.15, -0.1) is 11.6 Å². The molecule has 0 aliphatic carbocycles. The van der Waals surface area contributed by atoms with Gasteiger partial charge in [0.25, 0.3) is 0 Å². The summed E-state index contributed by atoms with van der Waals surface area (Å²) in [5.41, 5.74) is 1.92. The first-order valence-electron chi connectivity index (χ1n) is 3.50. The number of hydrogen-bond donors (Lipinski definition) is 0. The number of rotatable bonds is 1. The molecule has 4 heteroatoms. The Bertz CT molecular complexity index is 408. The van der Waals surface area contributed by atoms with Gasteiger partial charge in [0.15, 0.2) is 5.15 Å². The molecule has 0 unspecified atom stereocenters. The van der Waals surface area contributed by atoms with Crippen LogP contribution in [0.2, 0.25) is 5.15 Å². The first-order valence-corrected chi connectivity index (χ1v) is 4.41. The second kappa shape index (κ2) is 2.96. The van der Waals surface area contributed by atoms with Gasteiger partial charge in [0.2, 0.25) is 0 Å². The highest BCUT2D eigenvalue weighted by atomic mass is 35.5. The van der Waals surface area contributed by atoms with E-state index in [0.717, 1.165) is 11.2 Å². The Labute approximate surface area is 79.7 Å². The number of aromatic nitrogens is 2. The number of nitrogens with zero attached hydrogens (tertiary/aromatic N) is 2. The lowest BCUT2D eigenvalue weighted by atomic mass is 10.3. The Morgan fingerprint density at radius 3 is 3.00 bits per heavy atom. The summed E-state index contributed by atoms with van der Waals surface area (Å²) in [5.74, 6) is 0.440. The van der Waals surface area contributed by atoms with E-state index < -0.39 is 0 Å². The molecule has 0 atom stereocenters. The first kappa shape index (κ1) is 7.90. The molecule has 2 nitrogen and oxygen atoms in total. The minimum atomic E-state index is 0.440. The summed E-state index contributed by atoms with van der Waals surface area (Å²) in [6, 6.07) is 7.60. The van der Waals surface area contributed by atoms with Gasteiger partial charge in [0.05, 0.1) is 17.1 Å². The van der Waals surface area contributed by atoms with Crippen LogP contribution in [0.5, 0.6) is 0 Å². The number of halogens is 2. The van der Waals surface area contributed by atoms with Gasteiger partial charge < -0.3 is 0 Å². The van der Waals surface area contributed by atoms with Crippen molar-refractivity contribution in [1.82, 2.24) is 9.61 Å². The van der Waals surface area contributed by atoms with Crippen LogP contribution >= 0.6 is 23.2 Å². The molecule has 0 saturated carbocycles. The first-order chi connectivity index (χ1) is 5.81. The van der Waals surface area contributed by atoms with Gasteiger partial charge in [0, 0.05) is 6.07 Å². The summed E-state index contributed by atoms with van der Waals surface area (Å²) in [6.07, 6.45) is 0. The van der Waals surface area contributed by atoms with E-state index in [2.05, 4.69) is 5.10 Å². The largest absolute Gasteiger partial charge is 0.235 e. The second-order valence-electron chi connectivity index (χ2n) is 2.45. The van der Waals surface area contributed by atoms with Crippen LogP contribution in [0.3, 0.4) is 0 Å². The maximum absolute atomic E-state index is 5.74. The van der Waals surface area contributed by atoms with Crippen molar-refractivity contribution in [2.24, 2.45) is 0 Å². The fourth-order valence-corrected chi connectivity index (χ4v) is 1.53. The van der Waals surface area contributed by atoms with Gasteiger partial charge in [-0.05, 0) is 12.1 Å². The summed E-state index contributed by atoms with van der Waals surface area (Å²) in [5, 5.41) is 4.57. The van der Waals surface area contributed by atoms with E-state index in [1.165, 1.54) is 0 Å². The maximum atomic E-state index is 5.74. The van der Waals surface area contributed by atoms with E-state index in [-0.39, 0.29) is 0 Å². The molecule has 0 spiro atoms. The van der Waals surface area contributed by atoms with Crippen LogP contribution in [-0.2, 0) is 5.88 Å². The molecule has 12 heavy (non-hydrogen) atoms. The Kier molecular flexibility index (Phi) is 1.95. The molecule has 0 saturated heterocycles. The van der Waals surface area contributed by atoms with Gasteiger partial charge >= 0.3 is 0 Å². The van der Waals surface area contributed by atoms with Gasteiger partial charge in [-0.25, -0.2) is 4.52 Å². The highest BCUT2D eigenvalue weighted by Crippen LogP contribution is 2.14. The van der Waals surface area contributed by atoms with E-state index >= 15 is 0 Å². The Morgan fingerprint density at radius 1 is 1.42 bits per heavy atom. The molecule has 0 radical (unpaired) electrons. The molecule has 2 heterocycles. The highest BCUT2D eigenvalue weighted by Gasteiger charge is 2.01. The number of hydrogen-bond acceptors (Lipinski definition) is 1. The standard InChI is InChI=1S/C8H6Cl2N2/c9-5-7-3-1-2-6-4-8(10)11-12(6)7/h1-4H,5H2. The van der Waals surface area contributed by atoms with Crippen LogP contribution in [-0.4, -0.2) is 9.61 Å². The molecular formula is C8H6Cl2N2. The maximum Gasteiger partial charge on any atom is 0.152 e. The SMILES string of the molecule is ClCc1cccc2cc(Cl)nn12. The van der Waals surface area contributed by atoms with Crippen molar-refractivity contribution in [2.75, 3.05) is 0 Å². The Hall–Kier alpha value is -0.730. The molecule has 62 valence electrons. The zero-order valence-electron chi connectivity index (χ0n) is 6.17. The molecule has 0 bridgehead atoms. The van der Waals surface area contributed by atoms with Gasteiger partial charge in [-0.1, -0.05) is 17.7 Å². The normalized spacial score (nSPS) is 10.8. The molecule has 0 amide bonds. The lowest BCUT2D eigenvalue weighted by Gasteiger charge is -1.98. The van der Waals surface area contributed by atoms with Crippen molar-refractivity contribution in [3.63, 3.8) is 0 Å². The van der Waals surface area contributed by atoms with E-state index in [4.69, 9.17) is 23.2 Å². The highest BCUT2D eigenvalue weighted by molar-refractivity contribution is 6.29. The zero-order chi connectivity index (χ0) is 8.55. The van der Waals surface area contributed by atoms with Crippen molar-refractivity contribution in [3.8, 4) is 0 Å². The monoisotopic (exact) mass is 200 g/mol. The smallest absolute Gasteiger partial charge is 0.152 e. The quantitative estimate of drug-likeness (QED) is 0.648. The fraction of sp³-hybridized carbons (Fsp3) is 0.125. The van der Waals surface area contributed by atoms with Crippen LogP contribution < -0.4 is 0 Å². The second-order valence-corrected chi connectivity index (χ2v) is 3.11. The fourth-order valence-electron chi connectivity index (χ4n) is 1.14. The summed E-state index contributed by atoms with van der Waals surface area (Å²) < 4.78 is 1.75. The van der Waals surface area contributed by atoms with Crippen molar-refractivity contribution in [2.45, 2.75) is 5.88 Å². The van der Waals surface area contributed by atoms with Crippen LogP contribution in [0.25, 0.3) is 5.52 Å². The van der Waals surface area contributed by atoms with Crippen molar-refractivity contribution in [3.05, 3.63) is 35.1 Å². The summed E-state index contributed by atoms with van der Waals surface area (Å²) in [7, 11) is 0. The van der Waals surface area contributed by atoms with Crippen LogP contribution in [0.15, 0.2) is 24.3 Å². The predicted octanol–water partition coefficient (Wildman–Crippen LogP) is 2.73. The van der Waals surface area contributed by atoms with E-state index in [1.54, 1.807) is 10.6 Å². The van der Waals surface area contributed by atoms with Crippen LogP contribution in [0, 0.1) is 0 Å². The third-order valence-corrected chi connectivity index (χ3v) is 2.13. The van der Waals surface area contributed by atoms with Gasteiger partial charge in [0.1, 0.15) is 0 Å². The molecule has 2 aromatic rings. The molecular weight excluding hydrogens is 195 g/mol. The van der Waals surface area contributed by atoms with Crippen LogP contribution in [0.1, 0.15) is 5.69 Å². The minimum absolute atomic E-state index is 0.440. The number of fused-ring (bicyclic) bond motifs is 1. The molecule has 0 fully saturated rings. The number of alkyl halides is 1. The third kappa shape index (κ3) is 1.17. The number of pyridine rings is 1. The molecule has 0 aliphatic rings. The lowest BCUT2D eigenvalue weighted by Crippen LogP contribution is -1.94. The summed E-state index contributed by atoms with van der Waals surface area (Å²) in [6.45, 7) is 0. The molecule has 0 N–H and O–H groups in total. The van der Waals surface area contributed by atoms with E-state index in [1.807, 2.05) is 18.2 Å². The molecule has 2 rings (SSSR count). The average Bonchev–Trinajstić information content (AvgIpc) is 2.44. The molecule has 2 aromatic heterocycles. The Morgan fingerprint density at radius 2 is 2.25 bits per heavy atom. The zero-order valence-corrected chi connectivity index (χ0v) is 7.68. The minimum Gasteiger partial charge on any atom is -0.235 e. The topological polar surface area (TPSA) is 17.3 Å². The summed E-state index contributed by atoms with van der Waals surface area (Å²) in [4.78, 5) is 0. The van der Waals surface area contributed by atoms with Crippen LogP contribution in [0.4, 0.5) is 0 Å². The van der Waals surface area contributed by atoms with Crippen molar-refractivity contribution in [1.29, 1.82) is 0 Å². The lowest BCUT2D eigenvalue weighted by molar-refractivity contribution is 0.905. The Balaban J connectivity index is 2.78.